The van der Waals surface area contributed by atoms with Crippen molar-refractivity contribution in [2.24, 2.45) is 0 Å². The predicted octanol–water partition coefficient (Wildman–Crippen LogP) is 3.91. The van der Waals surface area contributed by atoms with Gasteiger partial charge in [0, 0.05) is 17.8 Å². The van der Waals surface area contributed by atoms with Crippen molar-refractivity contribution in [3.8, 4) is 5.75 Å². The average Bonchev–Trinajstić information content (AvgIpc) is 2.63. The van der Waals surface area contributed by atoms with Crippen molar-refractivity contribution in [1.82, 2.24) is 4.57 Å². The maximum atomic E-state index is 13.0. The molecule has 1 heterocycles. The highest BCUT2D eigenvalue weighted by Crippen LogP contribution is 2.24. The first kappa shape index (κ1) is 18.5. The molecule has 0 bridgehead atoms. The lowest BCUT2D eigenvalue weighted by molar-refractivity contribution is 0.340. The summed E-state index contributed by atoms with van der Waals surface area (Å²) in [4.78, 5) is 12.7. The van der Waals surface area contributed by atoms with Crippen LogP contribution in [0.5, 0.6) is 5.75 Å². The lowest BCUT2D eigenvalue weighted by Gasteiger charge is -2.13. The summed E-state index contributed by atoms with van der Waals surface area (Å²) in [6, 6.07) is 10.9. The van der Waals surface area contributed by atoms with Crippen molar-refractivity contribution in [3.05, 3.63) is 63.9 Å². The number of hydrogen-bond acceptors (Lipinski definition) is 4. The minimum Gasteiger partial charge on any atom is -0.494 e. The monoisotopic (exact) mass is 391 g/mol. The van der Waals surface area contributed by atoms with Crippen LogP contribution in [0, 0.1) is 0 Å². The van der Waals surface area contributed by atoms with Gasteiger partial charge in [0.15, 0.2) is 0 Å². The van der Waals surface area contributed by atoms with Crippen LogP contribution in [0.15, 0.2) is 63.2 Å². The summed E-state index contributed by atoms with van der Waals surface area (Å²) in [5.74, 6) is 0.529. The van der Waals surface area contributed by atoms with Crippen LogP contribution in [0.3, 0.4) is 0 Å². The number of aromatic nitrogens is 1. The Balaban J connectivity index is 2.30. The number of halogens is 1. The molecule has 0 atom stereocenters. The number of ether oxygens (including phenoxy) is 1. The Bertz CT molecular complexity index is 1120. The number of rotatable bonds is 5. The van der Waals surface area contributed by atoms with Gasteiger partial charge in [0.25, 0.3) is 0 Å². The maximum Gasteiger partial charge on any atom is 0.211 e. The highest BCUT2D eigenvalue weighted by Gasteiger charge is 2.23. The first-order valence-corrected chi connectivity index (χ1v) is 10.0. The minimum absolute atomic E-state index is 0.0296. The largest absolute Gasteiger partial charge is 0.494 e. The van der Waals surface area contributed by atoms with Gasteiger partial charge in [0.1, 0.15) is 10.6 Å². The second-order valence-corrected chi connectivity index (χ2v) is 8.03. The van der Waals surface area contributed by atoms with Crippen molar-refractivity contribution in [2.75, 3.05) is 6.61 Å². The van der Waals surface area contributed by atoms with Gasteiger partial charge in [0.05, 0.1) is 22.4 Å². The topological polar surface area (TPSA) is 65.4 Å². The molecule has 0 amide bonds. The van der Waals surface area contributed by atoms with Crippen LogP contribution in [-0.4, -0.2) is 19.6 Å². The van der Waals surface area contributed by atoms with Gasteiger partial charge >= 0.3 is 0 Å². The normalized spacial score (nSPS) is 11.7. The van der Waals surface area contributed by atoms with Gasteiger partial charge in [0.2, 0.25) is 15.3 Å². The molecule has 0 aliphatic rings. The molecule has 1 aromatic heterocycles. The number of hydrogen-bond donors (Lipinski definition) is 0. The molecule has 136 valence electrons. The summed E-state index contributed by atoms with van der Waals surface area (Å²) >= 11 is 5.84. The Kier molecular flexibility index (Phi) is 5.07. The van der Waals surface area contributed by atoms with Crippen LogP contribution in [0.1, 0.15) is 13.8 Å². The molecule has 0 saturated carbocycles. The Hall–Kier alpha value is -2.31. The Morgan fingerprint density at radius 1 is 1.08 bits per heavy atom. The molecule has 0 fully saturated rings. The van der Waals surface area contributed by atoms with Gasteiger partial charge in [-0.05, 0) is 56.3 Å². The van der Waals surface area contributed by atoms with Gasteiger partial charge in [-0.1, -0.05) is 11.6 Å². The fraction of sp³-hybridized carbons (Fsp3) is 0.211. The van der Waals surface area contributed by atoms with Crippen molar-refractivity contribution in [1.29, 1.82) is 0 Å². The van der Waals surface area contributed by atoms with E-state index in [2.05, 4.69) is 0 Å². The summed E-state index contributed by atoms with van der Waals surface area (Å²) < 4.78 is 33.2. The molecular formula is C19H18ClNO4S. The number of pyridine rings is 1. The molecule has 0 unspecified atom stereocenters. The van der Waals surface area contributed by atoms with E-state index in [9.17, 15) is 13.2 Å². The Morgan fingerprint density at radius 2 is 1.77 bits per heavy atom. The zero-order valence-electron chi connectivity index (χ0n) is 14.4. The van der Waals surface area contributed by atoms with E-state index in [0.717, 1.165) is 0 Å². The Morgan fingerprint density at radius 3 is 2.38 bits per heavy atom. The van der Waals surface area contributed by atoms with Gasteiger partial charge in [-0.25, -0.2) is 8.42 Å². The van der Waals surface area contributed by atoms with Gasteiger partial charge in [-0.15, -0.1) is 0 Å². The van der Waals surface area contributed by atoms with Crippen LogP contribution in [0.2, 0.25) is 5.02 Å². The molecule has 0 aliphatic carbocycles. The van der Waals surface area contributed by atoms with Crippen LogP contribution >= 0.6 is 11.6 Å². The van der Waals surface area contributed by atoms with Gasteiger partial charge in [-0.2, -0.15) is 0 Å². The van der Waals surface area contributed by atoms with Gasteiger partial charge < -0.3 is 9.30 Å². The maximum absolute atomic E-state index is 13.0. The third-order valence-corrected chi connectivity index (χ3v) is 6.10. The summed E-state index contributed by atoms with van der Waals surface area (Å²) in [6.45, 7) is 4.71. The Labute approximate surface area is 156 Å². The molecule has 0 radical (unpaired) electrons. The summed E-state index contributed by atoms with van der Waals surface area (Å²) in [7, 11) is -3.97. The second kappa shape index (κ2) is 7.13. The predicted molar refractivity (Wildman–Crippen MR) is 102 cm³/mol. The van der Waals surface area contributed by atoms with E-state index < -0.39 is 15.3 Å². The summed E-state index contributed by atoms with van der Waals surface area (Å²) in [5.41, 5.74) is 0.122. The lowest BCUT2D eigenvalue weighted by atomic mass is 10.2. The number of benzene rings is 2. The second-order valence-electron chi connectivity index (χ2n) is 5.68. The number of sulfone groups is 1. The van der Waals surface area contributed by atoms with E-state index in [0.29, 0.717) is 34.8 Å². The first-order valence-electron chi connectivity index (χ1n) is 8.19. The molecule has 26 heavy (non-hydrogen) atoms. The molecule has 3 rings (SSSR count). The van der Waals surface area contributed by atoms with E-state index >= 15 is 0 Å². The highest BCUT2D eigenvalue weighted by atomic mass is 35.5. The van der Waals surface area contributed by atoms with Gasteiger partial charge in [-0.3, -0.25) is 4.79 Å². The molecule has 0 aliphatic heterocycles. The van der Waals surface area contributed by atoms with Crippen molar-refractivity contribution < 1.29 is 13.2 Å². The standard InChI is InChI=1S/C19H18ClNO4S/c1-3-21-12-18(26(23,24)15-8-5-13(20)6-9-15)19(22)16-11-14(25-4-2)7-10-17(16)21/h5-12H,3-4H2,1-2H3. The molecule has 3 aromatic rings. The van der Waals surface area contributed by atoms with E-state index in [1.165, 1.54) is 30.5 Å². The molecule has 5 nitrogen and oxygen atoms in total. The van der Waals surface area contributed by atoms with E-state index in [-0.39, 0.29) is 9.79 Å². The van der Waals surface area contributed by atoms with E-state index in [1.807, 2.05) is 13.8 Å². The molecule has 0 spiro atoms. The quantitative estimate of drug-likeness (QED) is 0.661. The van der Waals surface area contributed by atoms with Crippen molar-refractivity contribution >= 4 is 32.3 Å². The molecule has 0 saturated heterocycles. The smallest absolute Gasteiger partial charge is 0.211 e. The third-order valence-electron chi connectivity index (χ3n) is 4.08. The fourth-order valence-corrected chi connectivity index (χ4v) is 4.29. The van der Waals surface area contributed by atoms with Crippen molar-refractivity contribution in [3.63, 3.8) is 0 Å². The minimum atomic E-state index is -3.97. The third kappa shape index (κ3) is 3.22. The van der Waals surface area contributed by atoms with Crippen molar-refractivity contribution in [2.45, 2.75) is 30.2 Å². The van der Waals surface area contributed by atoms with Crippen LogP contribution in [-0.2, 0) is 16.4 Å². The number of aryl methyl sites for hydroxylation is 1. The van der Waals surface area contributed by atoms with E-state index in [1.54, 1.807) is 22.8 Å². The lowest BCUT2D eigenvalue weighted by Crippen LogP contribution is -2.19. The first-order chi connectivity index (χ1) is 12.4. The van der Waals surface area contributed by atoms with Crippen LogP contribution < -0.4 is 10.2 Å². The summed E-state index contributed by atoms with van der Waals surface area (Å²) in [5, 5.41) is 0.739. The summed E-state index contributed by atoms with van der Waals surface area (Å²) in [6.07, 6.45) is 1.40. The molecule has 7 heteroatoms. The SMILES string of the molecule is CCOc1ccc2c(c1)c(=O)c(S(=O)(=O)c1ccc(Cl)cc1)cn2CC. The van der Waals surface area contributed by atoms with Crippen LogP contribution in [0.25, 0.3) is 10.9 Å². The van der Waals surface area contributed by atoms with E-state index in [4.69, 9.17) is 16.3 Å². The molecule has 2 aromatic carbocycles. The number of nitrogens with zero attached hydrogens (tertiary/aromatic N) is 1. The zero-order valence-corrected chi connectivity index (χ0v) is 16.0. The average molecular weight is 392 g/mol. The number of fused-ring (bicyclic) bond motifs is 1. The zero-order chi connectivity index (χ0) is 18.9. The van der Waals surface area contributed by atoms with Crippen LogP contribution in [0.4, 0.5) is 0 Å². The molecule has 0 N–H and O–H groups in total. The molecular weight excluding hydrogens is 374 g/mol. The fourth-order valence-electron chi connectivity index (χ4n) is 2.80. The highest BCUT2D eigenvalue weighted by molar-refractivity contribution is 7.91.